The average Bonchev–Trinajstić information content (AvgIpc) is 3.09. The monoisotopic (exact) mass is 334 g/mol. The molecule has 23 heavy (non-hydrogen) atoms. The van der Waals surface area contributed by atoms with Crippen LogP contribution in [0.3, 0.4) is 0 Å². The number of thioether (sulfide) groups is 1. The number of hydrogen-bond donors (Lipinski definition) is 1. The molecular weight excluding hydrogens is 316 g/mol. The number of aromatic amines is 1. The Morgan fingerprint density at radius 2 is 2.17 bits per heavy atom. The zero-order chi connectivity index (χ0) is 16.1. The van der Waals surface area contributed by atoms with E-state index in [1.54, 1.807) is 0 Å². The van der Waals surface area contributed by atoms with E-state index in [9.17, 15) is 4.79 Å². The first-order valence-corrected chi connectivity index (χ1v) is 8.30. The van der Waals surface area contributed by atoms with Gasteiger partial charge in [-0.3, -0.25) is 9.89 Å². The molecule has 1 aliphatic rings. The lowest BCUT2D eigenvalue weighted by Crippen LogP contribution is -2.36. The van der Waals surface area contributed by atoms with Crippen LogP contribution in [0.1, 0.15) is 0 Å². The summed E-state index contributed by atoms with van der Waals surface area (Å²) in [6, 6.07) is 8.07. The largest absolute Gasteiger partial charge is 0.468 e. The molecule has 1 saturated heterocycles. The zero-order valence-corrected chi connectivity index (χ0v) is 13.6. The molecule has 0 spiro atoms. The van der Waals surface area contributed by atoms with Gasteiger partial charge >= 0.3 is 5.97 Å². The minimum Gasteiger partial charge on any atom is -0.468 e. The van der Waals surface area contributed by atoms with Crippen LogP contribution in [0.2, 0.25) is 0 Å². The number of nitrogens with zero attached hydrogens (tertiary/aromatic N) is 3. The van der Waals surface area contributed by atoms with Crippen LogP contribution in [-0.2, 0) is 14.3 Å². The van der Waals surface area contributed by atoms with Crippen LogP contribution in [0, 0.1) is 0 Å². The molecule has 0 atom stereocenters. The lowest BCUT2D eigenvalue weighted by Gasteiger charge is -2.30. The van der Waals surface area contributed by atoms with Crippen molar-refractivity contribution in [2.24, 2.45) is 0 Å². The van der Waals surface area contributed by atoms with Gasteiger partial charge in [-0.25, -0.2) is 4.98 Å². The van der Waals surface area contributed by atoms with Gasteiger partial charge in [-0.1, -0.05) is 23.9 Å². The van der Waals surface area contributed by atoms with E-state index in [4.69, 9.17) is 4.74 Å². The van der Waals surface area contributed by atoms with Crippen molar-refractivity contribution >= 4 is 23.4 Å². The maximum absolute atomic E-state index is 11.2. The van der Waals surface area contributed by atoms with Crippen LogP contribution < -0.4 is 4.90 Å². The fourth-order valence-electron chi connectivity index (χ4n) is 2.37. The SMILES string of the molecule is COC(=O)CSc1n[nH]c(-c2ccccc2N2CCOCC2)n1. The molecule has 1 aliphatic heterocycles. The number of benzene rings is 1. The Kier molecular flexibility index (Phi) is 5.14. The second-order valence-electron chi connectivity index (χ2n) is 4.95. The highest BCUT2D eigenvalue weighted by Crippen LogP contribution is 2.29. The zero-order valence-electron chi connectivity index (χ0n) is 12.8. The first kappa shape index (κ1) is 15.8. The quantitative estimate of drug-likeness (QED) is 0.657. The van der Waals surface area contributed by atoms with Gasteiger partial charge in [-0.15, -0.1) is 5.10 Å². The normalized spacial score (nSPS) is 14.7. The minimum absolute atomic E-state index is 0.193. The van der Waals surface area contributed by atoms with Gasteiger partial charge in [0.1, 0.15) is 0 Å². The first-order valence-electron chi connectivity index (χ1n) is 7.32. The third-order valence-electron chi connectivity index (χ3n) is 3.52. The van der Waals surface area contributed by atoms with Crippen LogP contribution >= 0.6 is 11.8 Å². The Morgan fingerprint density at radius 3 is 2.96 bits per heavy atom. The molecule has 0 saturated carbocycles. The standard InChI is InChI=1S/C15H18N4O3S/c1-21-13(20)10-23-15-16-14(17-18-15)11-4-2-3-5-12(11)19-6-8-22-9-7-19/h2-5H,6-10H2,1H3,(H,16,17,18). The van der Waals surface area contributed by atoms with Gasteiger partial charge in [0.2, 0.25) is 5.16 Å². The fourth-order valence-corrected chi connectivity index (χ4v) is 3.00. The molecule has 8 heteroatoms. The maximum atomic E-state index is 11.2. The van der Waals surface area contributed by atoms with Gasteiger partial charge in [0.05, 0.1) is 26.1 Å². The highest BCUT2D eigenvalue weighted by Gasteiger charge is 2.17. The van der Waals surface area contributed by atoms with E-state index in [-0.39, 0.29) is 11.7 Å². The summed E-state index contributed by atoms with van der Waals surface area (Å²) >= 11 is 1.25. The smallest absolute Gasteiger partial charge is 0.316 e. The Balaban J connectivity index is 1.79. The van der Waals surface area contributed by atoms with Crippen molar-refractivity contribution in [2.45, 2.75) is 5.16 Å². The summed E-state index contributed by atoms with van der Waals surface area (Å²) in [5.74, 6) is 0.591. The molecule has 0 unspecified atom stereocenters. The Labute approximate surface area is 138 Å². The molecule has 122 valence electrons. The second kappa shape index (κ2) is 7.47. The van der Waals surface area contributed by atoms with Crippen LogP contribution in [0.15, 0.2) is 29.4 Å². The van der Waals surface area contributed by atoms with Gasteiger partial charge in [0.15, 0.2) is 5.82 Å². The fraction of sp³-hybridized carbons (Fsp3) is 0.400. The Morgan fingerprint density at radius 1 is 1.39 bits per heavy atom. The number of carbonyl (C=O) groups is 1. The van der Waals surface area contributed by atoms with E-state index < -0.39 is 0 Å². The van der Waals surface area contributed by atoms with E-state index >= 15 is 0 Å². The molecule has 1 aromatic heterocycles. The van der Waals surface area contributed by atoms with E-state index in [2.05, 4.69) is 30.9 Å². The number of rotatable bonds is 5. The molecule has 0 amide bonds. The molecule has 2 heterocycles. The predicted octanol–water partition coefficient (Wildman–Crippen LogP) is 1.57. The Hall–Kier alpha value is -2.06. The number of hydrogen-bond acceptors (Lipinski definition) is 7. The van der Waals surface area contributed by atoms with Gasteiger partial charge in [0, 0.05) is 24.3 Å². The van der Waals surface area contributed by atoms with Crippen LogP contribution in [0.5, 0.6) is 0 Å². The van der Waals surface area contributed by atoms with Gasteiger partial charge in [0.25, 0.3) is 0 Å². The number of nitrogens with one attached hydrogen (secondary N) is 1. The number of morpholine rings is 1. The van der Waals surface area contributed by atoms with Gasteiger partial charge in [-0.05, 0) is 12.1 Å². The van der Waals surface area contributed by atoms with Crippen molar-refractivity contribution < 1.29 is 14.3 Å². The predicted molar refractivity (Wildman–Crippen MR) is 87.6 cm³/mol. The molecule has 7 nitrogen and oxygen atoms in total. The molecule has 3 rings (SSSR count). The highest BCUT2D eigenvalue weighted by atomic mass is 32.2. The molecular formula is C15H18N4O3S. The molecule has 0 radical (unpaired) electrons. The number of esters is 1. The average molecular weight is 334 g/mol. The molecule has 1 N–H and O–H groups in total. The number of aromatic nitrogens is 3. The Bertz CT molecular complexity index is 670. The number of anilines is 1. The van der Waals surface area contributed by atoms with Crippen LogP contribution in [-0.4, -0.2) is 60.3 Å². The molecule has 0 bridgehead atoms. The number of carbonyl (C=O) groups excluding carboxylic acids is 1. The molecule has 1 aromatic carbocycles. The van der Waals surface area contributed by atoms with E-state index in [0.29, 0.717) is 11.0 Å². The summed E-state index contributed by atoms with van der Waals surface area (Å²) in [4.78, 5) is 17.9. The number of methoxy groups -OCH3 is 1. The van der Waals surface area contributed by atoms with Crippen LogP contribution in [0.25, 0.3) is 11.4 Å². The first-order chi connectivity index (χ1) is 11.3. The van der Waals surface area contributed by atoms with E-state index in [0.717, 1.165) is 37.6 Å². The van der Waals surface area contributed by atoms with Gasteiger partial charge in [-0.2, -0.15) is 0 Å². The van der Waals surface area contributed by atoms with Crippen molar-refractivity contribution in [1.29, 1.82) is 0 Å². The number of ether oxygens (including phenoxy) is 2. The summed E-state index contributed by atoms with van der Waals surface area (Å²) in [5, 5.41) is 7.64. The summed E-state index contributed by atoms with van der Waals surface area (Å²) in [7, 11) is 1.37. The lowest BCUT2D eigenvalue weighted by molar-refractivity contribution is -0.137. The molecule has 1 fully saturated rings. The molecule has 0 aliphatic carbocycles. The van der Waals surface area contributed by atoms with E-state index in [1.807, 2.05) is 18.2 Å². The van der Waals surface area contributed by atoms with Crippen molar-refractivity contribution in [3.8, 4) is 11.4 Å². The third-order valence-corrected chi connectivity index (χ3v) is 4.34. The molecule has 2 aromatic rings. The van der Waals surface area contributed by atoms with Crippen molar-refractivity contribution in [3.05, 3.63) is 24.3 Å². The number of para-hydroxylation sites is 1. The topological polar surface area (TPSA) is 80.3 Å². The third kappa shape index (κ3) is 3.83. The second-order valence-corrected chi connectivity index (χ2v) is 5.89. The minimum atomic E-state index is -0.296. The summed E-state index contributed by atoms with van der Waals surface area (Å²) in [6.45, 7) is 3.17. The van der Waals surface area contributed by atoms with Crippen molar-refractivity contribution in [2.75, 3.05) is 44.1 Å². The summed E-state index contributed by atoms with van der Waals surface area (Å²) in [6.07, 6.45) is 0. The van der Waals surface area contributed by atoms with Crippen LogP contribution in [0.4, 0.5) is 5.69 Å². The van der Waals surface area contributed by atoms with E-state index in [1.165, 1.54) is 18.9 Å². The van der Waals surface area contributed by atoms with Crippen molar-refractivity contribution in [3.63, 3.8) is 0 Å². The van der Waals surface area contributed by atoms with Gasteiger partial charge < -0.3 is 14.4 Å². The highest BCUT2D eigenvalue weighted by molar-refractivity contribution is 7.99. The maximum Gasteiger partial charge on any atom is 0.316 e. The van der Waals surface area contributed by atoms with Crippen molar-refractivity contribution in [1.82, 2.24) is 15.2 Å². The summed E-state index contributed by atoms with van der Waals surface area (Å²) < 4.78 is 10.0. The lowest BCUT2D eigenvalue weighted by atomic mass is 10.1. The number of H-pyrrole nitrogens is 1. The summed E-state index contributed by atoms with van der Waals surface area (Å²) in [5.41, 5.74) is 2.10.